The molecule has 0 aromatic carbocycles. The van der Waals surface area contributed by atoms with Crippen molar-refractivity contribution in [1.29, 1.82) is 0 Å². The molecule has 0 saturated carbocycles. The minimum absolute atomic E-state index is 0.0101. The van der Waals surface area contributed by atoms with Crippen LogP contribution in [0.5, 0.6) is 0 Å². The molecule has 0 unspecified atom stereocenters. The van der Waals surface area contributed by atoms with Crippen LogP contribution in [-0.2, 0) is 14.3 Å². The van der Waals surface area contributed by atoms with Gasteiger partial charge >= 0.3 is 11.9 Å². The van der Waals surface area contributed by atoms with Crippen LogP contribution in [-0.4, -0.2) is 84.4 Å². The summed E-state index contributed by atoms with van der Waals surface area (Å²) in [6, 6.07) is 0. The molecule has 0 bridgehead atoms. The summed E-state index contributed by atoms with van der Waals surface area (Å²) < 4.78 is 5.50. The molecule has 0 amide bonds. The normalized spacial score (nSPS) is 10.7. The summed E-state index contributed by atoms with van der Waals surface area (Å²) in [5.74, 6) is -1.72. The van der Waals surface area contributed by atoms with Crippen molar-refractivity contribution in [2.75, 3.05) is 52.5 Å². The van der Waals surface area contributed by atoms with E-state index in [4.69, 9.17) is 14.9 Å². The van der Waals surface area contributed by atoms with E-state index >= 15 is 0 Å². The number of aliphatic carboxylic acids is 2. The molecule has 0 heterocycles. The maximum atomic E-state index is 10.8. The first-order valence-corrected chi connectivity index (χ1v) is 7.79. The summed E-state index contributed by atoms with van der Waals surface area (Å²) >= 11 is 0. The molecule has 0 aromatic rings. The zero-order valence-corrected chi connectivity index (χ0v) is 13.9. The molecule has 0 aromatic heterocycles. The number of carbonyl (C=O) groups is 2. The number of carboxylic acid groups (broad SMARTS) is 2. The zero-order valence-electron chi connectivity index (χ0n) is 13.9. The van der Waals surface area contributed by atoms with Crippen molar-refractivity contribution in [1.82, 2.24) is 9.80 Å². The summed E-state index contributed by atoms with van der Waals surface area (Å²) in [6.45, 7) is 8.69. The third-order valence-corrected chi connectivity index (χ3v) is 3.10. The monoisotopic (exact) mass is 328 g/mol. The van der Waals surface area contributed by atoms with Gasteiger partial charge in [-0.15, -0.1) is 5.73 Å². The molecule has 0 atom stereocenters. The van der Waals surface area contributed by atoms with Crippen molar-refractivity contribution in [2.45, 2.75) is 19.8 Å². The van der Waals surface area contributed by atoms with E-state index in [9.17, 15) is 9.59 Å². The highest BCUT2D eigenvalue weighted by molar-refractivity contribution is 5.69. The number of hydrogen-bond acceptors (Lipinski definition) is 5. The van der Waals surface area contributed by atoms with Gasteiger partial charge in [-0.2, -0.15) is 0 Å². The van der Waals surface area contributed by atoms with Gasteiger partial charge in [-0.05, 0) is 25.5 Å². The second kappa shape index (κ2) is 14.0. The highest BCUT2D eigenvalue weighted by Crippen LogP contribution is 1.95. The fraction of sp³-hybridized carbons (Fsp3) is 0.688. The average molecular weight is 328 g/mol. The van der Waals surface area contributed by atoms with Crippen LogP contribution in [0.15, 0.2) is 18.4 Å². The zero-order chi connectivity index (χ0) is 17.5. The predicted octanol–water partition coefficient (Wildman–Crippen LogP) is 0.917. The Morgan fingerprint density at radius 2 is 1.57 bits per heavy atom. The Morgan fingerprint density at radius 1 is 1.04 bits per heavy atom. The molecule has 0 aliphatic carbocycles. The molecule has 2 N–H and O–H groups in total. The van der Waals surface area contributed by atoms with E-state index in [0.717, 1.165) is 6.42 Å². The van der Waals surface area contributed by atoms with Gasteiger partial charge in [0.2, 0.25) is 0 Å². The number of hydrogen-bond donors (Lipinski definition) is 2. The lowest BCUT2D eigenvalue weighted by Crippen LogP contribution is -2.35. The van der Waals surface area contributed by atoms with Crippen molar-refractivity contribution in [3.63, 3.8) is 0 Å². The Morgan fingerprint density at radius 3 is 2.00 bits per heavy atom. The maximum Gasteiger partial charge on any atom is 0.317 e. The lowest BCUT2D eigenvalue weighted by Gasteiger charge is -2.21. The number of ether oxygens (including phenoxy) is 1. The van der Waals surface area contributed by atoms with E-state index in [1.54, 1.807) is 11.0 Å². The Hall–Kier alpha value is -1.66. The minimum atomic E-state index is -0.872. The Bertz CT molecular complexity index is 394. The predicted molar refractivity (Wildman–Crippen MR) is 87.6 cm³/mol. The van der Waals surface area contributed by atoms with Gasteiger partial charge in [0, 0.05) is 19.6 Å². The molecule has 0 radical (unpaired) electrons. The van der Waals surface area contributed by atoms with Crippen LogP contribution in [0.3, 0.4) is 0 Å². The lowest BCUT2D eigenvalue weighted by molar-refractivity contribution is -0.139. The van der Waals surface area contributed by atoms with E-state index in [1.807, 2.05) is 11.8 Å². The van der Waals surface area contributed by atoms with Crippen LogP contribution in [0.2, 0.25) is 0 Å². The van der Waals surface area contributed by atoms with Crippen molar-refractivity contribution >= 4 is 11.9 Å². The first-order valence-electron chi connectivity index (χ1n) is 7.79. The van der Waals surface area contributed by atoms with E-state index < -0.39 is 11.9 Å². The quantitative estimate of drug-likeness (QED) is 0.341. The second-order valence-corrected chi connectivity index (χ2v) is 5.15. The molecule has 23 heavy (non-hydrogen) atoms. The summed E-state index contributed by atoms with van der Waals surface area (Å²) in [5.41, 5.74) is 2.66. The van der Waals surface area contributed by atoms with Crippen molar-refractivity contribution in [3.8, 4) is 0 Å². The topological polar surface area (TPSA) is 90.3 Å². The Balaban J connectivity index is 3.99. The Labute approximate surface area is 137 Å². The molecule has 0 aliphatic rings. The highest BCUT2D eigenvalue weighted by atomic mass is 16.5. The van der Waals surface area contributed by atoms with Gasteiger partial charge in [-0.3, -0.25) is 19.4 Å². The summed E-state index contributed by atoms with van der Waals surface area (Å²) in [4.78, 5) is 25.2. The molecule has 0 rings (SSSR count). The molecule has 0 fully saturated rings. The molecule has 0 aliphatic heterocycles. The van der Waals surface area contributed by atoms with Crippen LogP contribution < -0.4 is 0 Å². The first kappa shape index (κ1) is 21.3. The van der Waals surface area contributed by atoms with Gasteiger partial charge in [-0.1, -0.05) is 13.5 Å². The molecule has 132 valence electrons. The molecule has 0 spiro atoms. The fourth-order valence-corrected chi connectivity index (χ4v) is 2.08. The number of nitrogens with zero attached hydrogens (tertiary/aromatic N) is 2. The standard InChI is InChI=1S/C16H28N2O5/c1-3-5-6-8-18(14-16(21)22)10-12-23-11-9-17(7-4-2)13-15(19)20/h5H,1,4,6-14H2,2H3,(H,19,20)(H,21,22). The summed E-state index contributed by atoms with van der Waals surface area (Å²) in [7, 11) is 0. The summed E-state index contributed by atoms with van der Waals surface area (Å²) in [5, 5.41) is 17.7. The van der Waals surface area contributed by atoms with Crippen LogP contribution in [0, 0.1) is 0 Å². The largest absolute Gasteiger partial charge is 0.480 e. The number of carboxylic acids is 2. The third kappa shape index (κ3) is 13.7. The van der Waals surface area contributed by atoms with Gasteiger partial charge in [0.25, 0.3) is 0 Å². The van der Waals surface area contributed by atoms with Gasteiger partial charge < -0.3 is 14.9 Å². The first-order chi connectivity index (χ1) is 11.0. The van der Waals surface area contributed by atoms with Crippen LogP contribution in [0.1, 0.15) is 19.8 Å². The van der Waals surface area contributed by atoms with Gasteiger partial charge in [0.05, 0.1) is 26.3 Å². The third-order valence-electron chi connectivity index (χ3n) is 3.10. The van der Waals surface area contributed by atoms with Gasteiger partial charge in [0.1, 0.15) is 0 Å². The second-order valence-electron chi connectivity index (χ2n) is 5.15. The smallest absolute Gasteiger partial charge is 0.317 e. The molecule has 0 saturated heterocycles. The highest BCUT2D eigenvalue weighted by Gasteiger charge is 2.10. The van der Waals surface area contributed by atoms with Crippen LogP contribution in [0.4, 0.5) is 0 Å². The van der Waals surface area contributed by atoms with Crippen molar-refractivity contribution < 1.29 is 24.5 Å². The van der Waals surface area contributed by atoms with Crippen molar-refractivity contribution in [3.05, 3.63) is 18.4 Å². The van der Waals surface area contributed by atoms with E-state index in [-0.39, 0.29) is 13.1 Å². The van der Waals surface area contributed by atoms with Crippen LogP contribution in [0.25, 0.3) is 0 Å². The van der Waals surface area contributed by atoms with Gasteiger partial charge in [0.15, 0.2) is 0 Å². The molecular formula is C16H28N2O5. The molecule has 7 heteroatoms. The van der Waals surface area contributed by atoms with Gasteiger partial charge in [-0.25, -0.2) is 0 Å². The SMILES string of the molecule is C=C=CCCN(CCOCCN(CCC)CC(=O)O)CC(=O)O. The summed E-state index contributed by atoms with van der Waals surface area (Å²) in [6.07, 6.45) is 3.35. The van der Waals surface area contributed by atoms with E-state index in [2.05, 4.69) is 12.3 Å². The van der Waals surface area contributed by atoms with Crippen molar-refractivity contribution in [2.24, 2.45) is 0 Å². The van der Waals surface area contributed by atoms with E-state index in [0.29, 0.717) is 45.8 Å². The maximum absolute atomic E-state index is 10.8. The van der Waals surface area contributed by atoms with E-state index in [1.165, 1.54) is 0 Å². The average Bonchev–Trinajstić information content (AvgIpc) is 2.45. The fourth-order valence-electron chi connectivity index (χ4n) is 2.08. The minimum Gasteiger partial charge on any atom is -0.480 e. The number of rotatable bonds is 15. The molecular weight excluding hydrogens is 300 g/mol. The van der Waals surface area contributed by atoms with Crippen LogP contribution >= 0.6 is 0 Å². The lowest BCUT2D eigenvalue weighted by atomic mass is 10.3. The Kier molecular flexibility index (Phi) is 13.0. The molecule has 7 nitrogen and oxygen atoms in total.